The Balaban J connectivity index is 2.21. The molecule has 0 unspecified atom stereocenters. The number of anilines is 1. The van der Waals surface area contributed by atoms with E-state index in [2.05, 4.69) is 24.8 Å². The molecule has 0 heterocycles. The largest absolute Gasteiger partial charge is 0.369 e. The highest BCUT2D eigenvalue weighted by atomic mass is 19.1. The molecule has 1 saturated carbocycles. The van der Waals surface area contributed by atoms with Crippen molar-refractivity contribution in [3.8, 4) is 0 Å². The molecule has 2 nitrogen and oxygen atoms in total. The highest BCUT2D eigenvalue weighted by molar-refractivity contribution is 5.50. The molecule has 0 aromatic heterocycles. The lowest BCUT2D eigenvalue weighted by atomic mass is 10.1. The normalized spacial score (nSPS) is 15.2. The molecular weight excluding hydrogens is 227 g/mol. The van der Waals surface area contributed by atoms with Crippen molar-refractivity contribution in [3.05, 3.63) is 29.6 Å². The molecule has 1 aliphatic rings. The van der Waals surface area contributed by atoms with Gasteiger partial charge in [0.25, 0.3) is 0 Å². The van der Waals surface area contributed by atoms with Gasteiger partial charge in [0.15, 0.2) is 0 Å². The number of rotatable bonds is 6. The summed E-state index contributed by atoms with van der Waals surface area (Å²) in [6.45, 7) is 5.93. The second kappa shape index (κ2) is 5.70. The monoisotopic (exact) mass is 250 g/mol. The highest BCUT2D eigenvalue weighted by Crippen LogP contribution is 2.32. The lowest BCUT2D eigenvalue weighted by Gasteiger charge is -2.29. The van der Waals surface area contributed by atoms with Crippen molar-refractivity contribution in [3.63, 3.8) is 0 Å². The van der Waals surface area contributed by atoms with Crippen molar-refractivity contribution in [2.75, 3.05) is 18.0 Å². The lowest BCUT2D eigenvalue weighted by molar-refractivity contribution is 0.614. The van der Waals surface area contributed by atoms with Crippen molar-refractivity contribution < 1.29 is 4.39 Å². The van der Waals surface area contributed by atoms with Crippen LogP contribution in [0.25, 0.3) is 0 Å². The Morgan fingerprint density at radius 2 is 2.06 bits per heavy atom. The maximum atomic E-state index is 13.7. The molecule has 1 aliphatic carbocycles. The number of halogens is 1. The van der Waals surface area contributed by atoms with E-state index in [1.54, 1.807) is 12.1 Å². The van der Waals surface area contributed by atoms with Crippen LogP contribution in [0.3, 0.4) is 0 Å². The zero-order chi connectivity index (χ0) is 13.1. The van der Waals surface area contributed by atoms with Gasteiger partial charge in [0.1, 0.15) is 5.82 Å². The Labute approximate surface area is 109 Å². The summed E-state index contributed by atoms with van der Waals surface area (Å²) < 4.78 is 13.7. The molecule has 100 valence electrons. The fourth-order valence-electron chi connectivity index (χ4n) is 2.30. The summed E-state index contributed by atoms with van der Waals surface area (Å²) in [4.78, 5) is 2.31. The molecule has 1 fully saturated rings. The number of nitrogens with two attached hydrogens (primary N) is 1. The van der Waals surface area contributed by atoms with Gasteiger partial charge in [-0.3, -0.25) is 0 Å². The van der Waals surface area contributed by atoms with Crippen LogP contribution < -0.4 is 10.6 Å². The molecule has 18 heavy (non-hydrogen) atoms. The molecule has 0 aliphatic heterocycles. The highest BCUT2D eigenvalue weighted by Gasteiger charge is 2.26. The minimum atomic E-state index is -0.155. The van der Waals surface area contributed by atoms with Gasteiger partial charge in [0.2, 0.25) is 0 Å². The van der Waals surface area contributed by atoms with Crippen LogP contribution in [0.4, 0.5) is 10.1 Å². The summed E-state index contributed by atoms with van der Waals surface area (Å²) in [5.74, 6) is 0.644. The molecule has 0 saturated heterocycles. The van der Waals surface area contributed by atoms with Crippen LogP contribution in [0.5, 0.6) is 0 Å². The van der Waals surface area contributed by atoms with E-state index in [4.69, 9.17) is 5.73 Å². The topological polar surface area (TPSA) is 29.3 Å². The summed E-state index contributed by atoms with van der Waals surface area (Å²) in [7, 11) is 0. The zero-order valence-corrected chi connectivity index (χ0v) is 11.3. The van der Waals surface area contributed by atoms with E-state index in [-0.39, 0.29) is 5.82 Å². The SMILES string of the molecule is CC(C)N(CC1CC1)c1cc(F)cc(CCN)c1. The Kier molecular flexibility index (Phi) is 4.23. The third-order valence-electron chi connectivity index (χ3n) is 3.48. The first kappa shape index (κ1) is 13.3. The quantitative estimate of drug-likeness (QED) is 0.841. The molecule has 1 aromatic carbocycles. The van der Waals surface area contributed by atoms with Gasteiger partial charge in [-0.05, 0) is 69.3 Å². The van der Waals surface area contributed by atoms with E-state index in [1.165, 1.54) is 12.8 Å². The van der Waals surface area contributed by atoms with Crippen LogP contribution in [-0.2, 0) is 6.42 Å². The summed E-state index contributed by atoms with van der Waals surface area (Å²) >= 11 is 0. The van der Waals surface area contributed by atoms with Crippen molar-refractivity contribution in [2.24, 2.45) is 11.7 Å². The van der Waals surface area contributed by atoms with E-state index >= 15 is 0 Å². The Hall–Kier alpha value is -1.09. The molecule has 2 rings (SSSR count). The first-order chi connectivity index (χ1) is 8.60. The minimum absolute atomic E-state index is 0.155. The van der Waals surface area contributed by atoms with Crippen molar-refractivity contribution in [1.82, 2.24) is 0 Å². The van der Waals surface area contributed by atoms with Crippen LogP contribution in [0.15, 0.2) is 18.2 Å². The Morgan fingerprint density at radius 3 is 2.61 bits per heavy atom. The molecular formula is C15H23FN2. The van der Waals surface area contributed by atoms with Crippen LogP contribution >= 0.6 is 0 Å². The zero-order valence-electron chi connectivity index (χ0n) is 11.3. The molecule has 0 amide bonds. The predicted octanol–water partition coefficient (Wildman–Crippen LogP) is 2.95. The minimum Gasteiger partial charge on any atom is -0.369 e. The van der Waals surface area contributed by atoms with E-state index < -0.39 is 0 Å². The molecule has 1 aromatic rings. The predicted molar refractivity (Wildman–Crippen MR) is 74.4 cm³/mol. The van der Waals surface area contributed by atoms with Crippen LogP contribution in [-0.4, -0.2) is 19.1 Å². The van der Waals surface area contributed by atoms with Gasteiger partial charge >= 0.3 is 0 Å². The first-order valence-electron chi connectivity index (χ1n) is 6.86. The second-order valence-corrected chi connectivity index (χ2v) is 5.55. The molecule has 2 N–H and O–H groups in total. The van der Waals surface area contributed by atoms with Gasteiger partial charge in [-0.25, -0.2) is 4.39 Å². The van der Waals surface area contributed by atoms with E-state index in [0.717, 1.165) is 30.1 Å². The van der Waals surface area contributed by atoms with E-state index in [1.807, 2.05) is 0 Å². The summed E-state index contributed by atoms with van der Waals surface area (Å²) in [6, 6.07) is 5.71. The van der Waals surface area contributed by atoms with Crippen LogP contribution in [0.1, 0.15) is 32.3 Å². The van der Waals surface area contributed by atoms with Gasteiger partial charge in [0.05, 0.1) is 0 Å². The van der Waals surface area contributed by atoms with Gasteiger partial charge in [-0.1, -0.05) is 0 Å². The fraction of sp³-hybridized carbons (Fsp3) is 0.600. The average molecular weight is 250 g/mol. The third-order valence-corrected chi connectivity index (χ3v) is 3.48. The number of benzene rings is 1. The first-order valence-corrected chi connectivity index (χ1v) is 6.86. The van der Waals surface area contributed by atoms with Crippen LogP contribution in [0.2, 0.25) is 0 Å². The number of nitrogens with zero attached hydrogens (tertiary/aromatic N) is 1. The second-order valence-electron chi connectivity index (χ2n) is 5.55. The van der Waals surface area contributed by atoms with Crippen molar-refractivity contribution in [2.45, 2.75) is 39.2 Å². The van der Waals surface area contributed by atoms with Gasteiger partial charge in [-0.2, -0.15) is 0 Å². The molecule has 0 spiro atoms. The average Bonchev–Trinajstić information content (AvgIpc) is 3.08. The fourth-order valence-corrected chi connectivity index (χ4v) is 2.30. The van der Waals surface area contributed by atoms with Gasteiger partial charge in [-0.15, -0.1) is 0 Å². The summed E-state index contributed by atoms with van der Waals surface area (Å²) in [5.41, 5.74) is 7.55. The third kappa shape index (κ3) is 3.45. The number of hydrogen-bond donors (Lipinski definition) is 1. The van der Waals surface area contributed by atoms with E-state index in [9.17, 15) is 4.39 Å². The Morgan fingerprint density at radius 1 is 1.33 bits per heavy atom. The molecule has 3 heteroatoms. The molecule has 0 radical (unpaired) electrons. The summed E-state index contributed by atoms with van der Waals surface area (Å²) in [5, 5.41) is 0. The Bertz CT molecular complexity index is 399. The maximum Gasteiger partial charge on any atom is 0.125 e. The maximum absolute atomic E-state index is 13.7. The van der Waals surface area contributed by atoms with E-state index in [0.29, 0.717) is 12.6 Å². The molecule has 0 atom stereocenters. The van der Waals surface area contributed by atoms with Crippen molar-refractivity contribution in [1.29, 1.82) is 0 Å². The molecule has 0 bridgehead atoms. The van der Waals surface area contributed by atoms with Gasteiger partial charge < -0.3 is 10.6 Å². The lowest BCUT2D eigenvalue weighted by Crippen LogP contribution is -2.32. The van der Waals surface area contributed by atoms with Gasteiger partial charge in [0, 0.05) is 18.3 Å². The number of hydrogen-bond acceptors (Lipinski definition) is 2. The smallest absolute Gasteiger partial charge is 0.125 e. The summed E-state index contributed by atoms with van der Waals surface area (Å²) in [6.07, 6.45) is 3.36. The van der Waals surface area contributed by atoms with Crippen LogP contribution in [0, 0.1) is 11.7 Å². The standard InChI is InChI=1S/C15H23FN2/c1-11(2)18(10-12-3-4-12)15-8-13(5-6-17)7-14(16)9-15/h7-9,11-12H,3-6,10,17H2,1-2H3. The van der Waals surface area contributed by atoms with Crippen molar-refractivity contribution >= 4 is 5.69 Å².